The number of hydrogen-bond donors (Lipinski definition) is 7. The van der Waals surface area contributed by atoms with E-state index in [0.717, 1.165) is 47.9 Å². The summed E-state index contributed by atoms with van der Waals surface area (Å²) in [6.07, 6.45) is 0.524. The number of benzene rings is 3. The third-order valence-electron chi connectivity index (χ3n) is 23.2. The SMILES string of the molecule is CCCCOCCOCCOCCn1nnc2c1-c1ccccc1CN(C(=O)CCC(=O)NCCOCCOCCOCCOCCC(=O)N[C@H](C(=O)C[C@@H](CCCNC(N)=O)C(=O)Nc1ccc(COC(=O)NCC(=O)[C@@]34O[C@@H](CCC)O[C@@H]3C[C@H]3[C@@H]5C[C@H](F)C6=CC(=O)C=C[C@]6(C)[C@@]5(F)[C@@H](O)C[C@@]34C)cc1)C(C)C)c1ccccc1-2.S. The summed E-state index contributed by atoms with van der Waals surface area (Å²) < 4.78 is 94.1. The van der Waals surface area contributed by atoms with Crippen molar-refractivity contribution in [1.82, 2.24) is 36.3 Å². The summed E-state index contributed by atoms with van der Waals surface area (Å²) in [6.45, 7) is 16.0. The normalized spacial score (nSPS) is 23.7. The van der Waals surface area contributed by atoms with E-state index in [1.54, 1.807) is 49.9 Å². The van der Waals surface area contributed by atoms with E-state index in [1.807, 2.05) is 60.1 Å². The number of fused-ring (bicyclic) bond motifs is 12. The number of urea groups is 1. The summed E-state index contributed by atoms with van der Waals surface area (Å²) in [5.74, 6) is -5.89. The lowest BCUT2D eigenvalue weighted by molar-refractivity contribution is -0.233. The number of para-hydroxylation sites is 1. The van der Waals surface area contributed by atoms with E-state index in [0.29, 0.717) is 81.5 Å². The standard InChI is InChI=1S/C85H116F2N10O20.H2S/c1-7-9-33-108-37-41-112-44-40-111-36-32-97-78-61-18-11-10-16-58(61)53-96(67-20-13-12-19-62(67)77(78)94-95-97)74(104)26-25-72(102)89-31-35-110-39-43-114-46-45-113-42-38-109-34-28-73(103)93-76(55(3)4)68(99)47-57(17-14-30-90-80(88)106)79(105)92-59-23-21-56(22-24-59)54-115-81(107)91-52-70(101)85-71(116-75(117-85)15-8-2)50-63-64-49-66(86)65-48-60(98)27-29-82(65,5)84(64,87)69(100)51-83(63,85)6;/h10-13,16,18-24,27,29,48,55,57,63-64,66,69,71,75-76,100H,7-9,14-15,17,25-26,28,30-47,49-54H2,1-6H3,(H,89,102)(H,91,107)(H,92,105)(H,93,103)(H3,88,90,106);1H2/t57-,63+,64+,66+,69+,71-,75+,76+,82+,83+,84+,85-;/m1./s1. The summed E-state index contributed by atoms with van der Waals surface area (Å²) >= 11 is 0. The Bertz CT molecular complexity index is 4120. The molecule has 0 bridgehead atoms. The molecule has 10 rings (SSSR count). The highest BCUT2D eigenvalue weighted by atomic mass is 32.1. The number of ketones is 3. The molecule has 0 unspecified atom stereocenters. The van der Waals surface area contributed by atoms with Gasteiger partial charge in [-0.25, -0.2) is 23.1 Å². The van der Waals surface area contributed by atoms with Gasteiger partial charge in [0.1, 0.15) is 18.5 Å². The molecule has 1 saturated heterocycles. The number of alkyl halides is 2. The Kier molecular flexibility index (Phi) is 35.4. The van der Waals surface area contributed by atoms with E-state index in [4.69, 9.17) is 53.1 Å². The highest BCUT2D eigenvalue weighted by Crippen LogP contribution is 2.72. The average Bonchev–Trinajstić information content (AvgIpc) is 1.45. The average molecular weight is 1670 g/mol. The van der Waals surface area contributed by atoms with Crippen LogP contribution in [0.1, 0.15) is 136 Å². The van der Waals surface area contributed by atoms with Crippen molar-refractivity contribution in [1.29, 1.82) is 0 Å². The van der Waals surface area contributed by atoms with Gasteiger partial charge in [-0.2, -0.15) is 13.5 Å². The molecule has 1 aromatic heterocycles. The van der Waals surface area contributed by atoms with Crippen molar-refractivity contribution >= 4 is 78.0 Å². The quantitative estimate of drug-likeness (QED) is 0.0203. The van der Waals surface area contributed by atoms with Crippen LogP contribution in [-0.4, -0.2) is 227 Å². The molecule has 12 atom stereocenters. The van der Waals surface area contributed by atoms with E-state index in [1.165, 1.54) is 19.1 Å². The van der Waals surface area contributed by atoms with Gasteiger partial charge in [-0.05, 0) is 111 Å². The number of unbranched alkanes of at least 4 members (excludes halogenated alkanes) is 1. The van der Waals surface area contributed by atoms with Gasteiger partial charge in [-0.15, -0.1) is 5.10 Å². The first-order valence-corrected chi connectivity index (χ1v) is 41.1. The first-order valence-electron chi connectivity index (χ1n) is 41.1. The zero-order valence-corrected chi connectivity index (χ0v) is 69.5. The summed E-state index contributed by atoms with van der Waals surface area (Å²) in [5, 5.41) is 34.6. The second kappa shape index (κ2) is 44.7. The van der Waals surface area contributed by atoms with Crippen LogP contribution in [0.4, 0.5) is 29.7 Å². The molecule has 648 valence electrons. The van der Waals surface area contributed by atoms with E-state index >= 15 is 8.78 Å². The van der Waals surface area contributed by atoms with Crippen molar-refractivity contribution in [2.45, 2.75) is 187 Å². The predicted octanol–water partition coefficient (Wildman–Crippen LogP) is 8.58. The number of carbonyl (C=O) groups excluding carboxylic acids is 9. The smallest absolute Gasteiger partial charge is 0.407 e. The van der Waals surface area contributed by atoms with Gasteiger partial charge in [0, 0.05) is 84.9 Å². The van der Waals surface area contributed by atoms with Crippen LogP contribution in [0.5, 0.6) is 0 Å². The highest BCUT2D eigenvalue weighted by molar-refractivity contribution is 7.59. The first kappa shape index (κ1) is 93.4. The number of rotatable bonds is 48. The van der Waals surface area contributed by atoms with Crippen LogP contribution in [0.3, 0.4) is 0 Å². The van der Waals surface area contributed by atoms with Crippen LogP contribution < -0.4 is 37.2 Å². The number of nitrogens with two attached hydrogens (primary N) is 1. The Hall–Kier alpha value is -8.48. The van der Waals surface area contributed by atoms with Crippen molar-refractivity contribution in [2.24, 2.45) is 40.2 Å². The zero-order valence-electron chi connectivity index (χ0n) is 68.5. The molecular formula is C85H118F2N10O20S. The van der Waals surface area contributed by atoms with Gasteiger partial charge in [0.2, 0.25) is 23.6 Å². The molecule has 33 heteroatoms. The lowest BCUT2D eigenvalue weighted by Crippen LogP contribution is -2.71. The minimum absolute atomic E-state index is 0. The van der Waals surface area contributed by atoms with Gasteiger partial charge < -0.3 is 89.7 Å². The topological polar surface area (TPSA) is 386 Å². The molecule has 8 N–H and O–H groups in total. The summed E-state index contributed by atoms with van der Waals surface area (Å²) in [4.78, 5) is 122. The number of Topliss-reactive ketones (excluding diaryl/α,β-unsaturated/α-hetero) is 2. The van der Waals surface area contributed by atoms with Crippen LogP contribution in [-0.2, 0) is 101 Å². The summed E-state index contributed by atoms with van der Waals surface area (Å²) in [5.41, 5.74) is 3.78. The highest BCUT2D eigenvalue weighted by Gasteiger charge is 2.80. The van der Waals surface area contributed by atoms with E-state index in [9.17, 15) is 48.3 Å². The fraction of sp³-hybridized carbons (Fsp3) is 0.612. The molecule has 0 radical (unpaired) electrons. The number of alkyl carbamates (subject to hydrolysis) is 1. The largest absolute Gasteiger partial charge is 0.445 e. The number of halogens is 2. The molecule has 7 amide bonds. The number of allylic oxidation sites excluding steroid dienone is 4. The number of ether oxygens (including phenoxy) is 10. The Labute approximate surface area is 694 Å². The maximum Gasteiger partial charge on any atom is 0.407 e. The minimum Gasteiger partial charge on any atom is -0.445 e. The fourth-order valence-corrected chi connectivity index (χ4v) is 17.2. The van der Waals surface area contributed by atoms with E-state index in [-0.39, 0.29) is 173 Å². The van der Waals surface area contributed by atoms with Gasteiger partial charge in [0.05, 0.1) is 135 Å². The number of amides is 7. The monoisotopic (exact) mass is 1670 g/mol. The maximum atomic E-state index is 18.0. The van der Waals surface area contributed by atoms with Crippen molar-refractivity contribution in [2.75, 3.05) is 122 Å². The van der Waals surface area contributed by atoms with Gasteiger partial charge in [0.25, 0.3) is 0 Å². The molecule has 2 aliphatic heterocycles. The second-order valence-electron chi connectivity index (χ2n) is 31.3. The van der Waals surface area contributed by atoms with Gasteiger partial charge in [-0.3, -0.25) is 33.6 Å². The van der Waals surface area contributed by atoms with Crippen LogP contribution in [0.2, 0.25) is 0 Å². The predicted molar refractivity (Wildman–Crippen MR) is 436 cm³/mol. The van der Waals surface area contributed by atoms with Gasteiger partial charge in [0.15, 0.2) is 34.9 Å². The van der Waals surface area contributed by atoms with Crippen LogP contribution in [0.15, 0.2) is 96.6 Å². The number of aliphatic hydroxyl groups excluding tert-OH is 1. The van der Waals surface area contributed by atoms with Crippen molar-refractivity contribution in [3.8, 4) is 22.5 Å². The van der Waals surface area contributed by atoms with Crippen LogP contribution in [0.25, 0.3) is 22.5 Å². The number of aromatic nitrogens is 3. The Morgan fingerprint density at radius 2 is 1.38 bits per heavy atom. The van der Waals surface area contributed by atoms with E-state index in [2.05, 4.69) is 43.8 Å². The molecule has 30 nitrogen and oxygen atoms in total. The van der Waals surface area contributed by atoms with Gasteiger partial charge >= 0.3 is 12.1 Å². The van der Waals surface area contributed by atoms with Crippen LogP contribution >= 0.6 is 13.5 Å². The molecule has 4 aliphatic carbocycles. The Morgan fingerprint density at radius 1 is 0.729 bits per heavy atom. The van der Waals surface area contributed by atoms with Crippen molar-refractivity contribution < 1.29 is 104 Å². The number of aliphatic hydroxyl groups is 1. The van der Waals surface area contributed by atoms with Crippen molar-refractivity contribution in [3.63, 3.8) is 0 Å². The molecule has 0 spiro atoms. The third-order valence-corrected chi connectivity index (χ3v) is 23.2. The number of hydrogen-bond acceptors (Lipinski definition) is 22. The van der Waals surface area contributed by atoms with E-state index < -0.39 is 113 Å². The minimum atomic E-state index is -2.39. The second-order valence-corrected chi connectivity index (χ2v) is 31.3. The molecule has 3 heterocycles. The summed E-state index contributed by atoms with van der Waals surface area (Å²) in [6, 6.07) is 20.1. The Morgan fingerprint density at radius 3 is 2.06 bits per heavy atom. The molecule has 3 saturated carbocycles. The molecule has 4 aromatic rings. The van der Waals surface area contributed by atoms with Crippen molar-refractivity contribution in [3.05, 3.63) is 108 Å². The third kappa shape index (κ3) is 23.0. The zero-order chi connectivity index (χ0) is 83.7. The fourth-order valence-electron chi connectivity index (χ4n) is 17.2. The molecular weight excluding hydrogens is 1550 g/mol. The molecule has 4 fully saturated rings. The number of carbonyl (C=O) groups is 9. The lowest BCUT2D eigenvalue weighted by atomic mass is 9.44. The van der Waals surface area contributed by atoms with Gasteiger partial charge in [-0.1, -0.05) is 113 Å². The molecule has 6 aliphatic rings. The first-order chi connectivity index (χ1) is 56.4. The Balaban J connectivity index is 0.0000159. The number of primary amides is 1. The lowest BCUT2D eigenvalue weighted by Gasteiger charge is -2.63. The molecule has 118 heavy (non-hydrogen) atoms. The number of nitrogens with zero attached hydrogens (tertiary/aromatic N) is 4. The maximum absolute atomic E-state index is 18.0. The summed E-state index contributed by atoms with van der Waals surface area (Å²) in [7, 11) is 0. The molecule has 3 aromatic carbocycles. The number of nitrogens with one attached hydrogen (secondary N) is 5. The van der Waals surface area contributed by atoms with Crippen LogP contribution in [0, 0.1) is 34.5 Å². The number of anilines is 2.